The second-order valence-electron chi connectivity index (χ2n) is 6.27. The van der Waals surface area contributed by atoms with Gasteiger partial charge in [-0.3, -0.25) is 0 Å². The molecule has 0 aliphatic heterocycles. The van der Waals surface area contributed by atoms with Gasteiger partial charge in [0.15, 0.2) is 0 Å². The molecule has 2 rings (SSSR count). The molecule has 19 heavy (non-hydrogen) atoms. The van der Waals surface area contributed by atoms with E-state index in [0.717, 1.165) is 24.4 Å². The molecule has 1 nitrogen and oxygen atoms in total. The van der Waals surface area contributed by atoms with Gasteiger partial charge in [0, 0.05) is 6.04 Å². The summed E-state index contributed by atoms with van der Waals surface area (Å²) in [4.78, 5) is 0. The number of hydrogen-bond acceptors (Lipinski definition) is 1. The van der Waals surface area contributed by atoms with Crippen molar-refractivity contribution in [2.75, 3.05) is 6.54 Å². The maximum Gasteiger partial charge on any atom is 0.00954 e. The summed E-state index contributed by atoms with van der Waals surface area (Å²) in [6.07, 6.45) is 5.38. The van der Waals surface area contributed by atoms with E-state index in [4.69, 9.17) is 0 Å². The van der Waals surface area contributed by atoms with Gasteiger partial charge >= 0.3 is 0 Å². The van der Waals surface area contributed by atoms with Gasteiger partial charge in [-0.05, 0) is 49.1 Å². The standard InChI is InChI=1S/C18H29N/c1-4-16-10-11-18(15(16)3)19-13-12-14(2)17-8-6-5-7-9-17/h5-9,14-16,18-19H,4,10-13H2,1-3H3. The normalized spacial score (nSPS) is 28.5. The highest BCUT2D eigenvalue weighted by Crippen LogP contribution is 2.33. The van der Waals surface area contributed by atoms with Crippen molar-refractivity contribution in [1.29, 1.82) is 0 Å². The van der Waals surface area contributed by atoms with E-state index in [1.165, 1.54) is 31.2 Å². The molecule has 1 aliphatic rings. The van der Waals surface area contributed by atoms with Crippen molar-refractivity contribution in [2.24, 2.45) is 11.8 Å². The van der Waals surface area contributed by atoms with E-state index < -0.39 is 0 Å². The second kappa shape index (κ2) is 7.09. The zero-order chi connectivity index (χ0) is 13.7. The lowest BCUT2D eigenvalue weighted by Gasteiger charge is -2.22. The zero-order valence-corrected chi connectivity index (χ0v) is 12.7. The molecule has 4 unspecified atom stereocenters. The summed E-state index contributed by atoms with van der Waals surface area (Å²) in [6, 6.07) is 11.6. The fourth-order valence-corrected chi connectivity index (χ4v) is 3.55. The van der Waals surface area contributed by atoms with Gasteiger partial charge in [-0.1, -0.05) is 57.5 Å². The van der Waals surface area contributed by atoms with Gasteiger partial charge in [0.1, 0.15) is 0 Å². The maximum absolute atomic E-state index is 3.80. The van der Waals surface area contributed by atoms with Crippen molar-refractivity contribution in [3.05, 3.63) is 35.9 Å². The van der Waals surface area contributed by atoms with Crippen LogP contribution < -0.4 is 5.32 Å². The molecule has 0 radical (unpaired) electrons. The Kier molecular flexibility index (Phi) is 5.45. The van der Waals surface area contributed by atoms with E-state index in [2.05, 4.69) is 56.4 Å². The number of rotatable bonds is 6. The Morgan fingerprint density at radius 1 is 1.21 bits per heavy atom. The minimum Gasteiger partial charge on any atom is -0.314 e. The molecule has 1 aromatic carbocycles. The molecular weight excluding hydrogens is 230 g/mol. The summed E-state index contributed by atoms with van der Waals surface area (Å²) in [5, 5.41) is 3.80. The molecule has 1 aromatic rings. The lowest BCUT2D eigenvalue weighted by atomic mass is 9.93. The molecule has 0 spiro atoms. The minimum absolute atomic E-state index is 0.660. The first-order chi connectivity index (χ1) is 9.22. The van der Waals surface area contributed by atoms with Gasteiger partial charge in [0.2, 0.25) is 0 Å². The monoisotopic (exact) mass is 259 g/mol. The molecule has 4 atom stereocenters. The van der Waals surface area contributed by atoms with Gasteiger partial charge in [0.25, 0.3) is 0 Å². The summed E-state index contributed by atoms with van der Waals surface area (Å²) in [6.45, 7) is 8.26. The Morgan fingerprint density at radius 2 is 1.95 bits per heavy atom. The van der Waals surface area contributed by atoms with Crippen LogP contribution in [0.4, 0.5) is 0 Å². The van der Waals surface area contributed by atoms with Crippen molar-refractivity contribution >= 4 is 0 Å². The second-order valence-corrected chi connectivity index (χ2v) is 6.27. The molecular formula is C18H29N. The van der Waals surface area contributed by atoms with E-state index in [1.54, 1.807) is 0 Å². The molecule has 1 N–H and O–H groups in total. The molecule has 0 bridgehead atoms. The third kappa shape index (κ3) is 3.82. The molecule has 106 valence electrons. The van der Waals surface area contributed by atoms with E-state index in [0.29, 0.717) is 5.92 Å². The summed E-state index contributed by atoms with van der Waals surface area (Å²) in [7, 11) is 0. The van der Waals surface area contributed by atoms with Crippen molar-refractivity contribution in [2.45, 2.75) is 58.4 Å². The van der Waals surface area contributed by atoms with Crippen LogP contribution in [0, 0.1) is 11.8 Å². The lowest BCUT2D eigenvalue weighted by molar-refractivity contribution is 0.342. The van der Waals surface area contributed by atoms with Crippen LogP contribution in [-0.4, -0.2) is 12.6 Å². The molecule has 1 heteroatoms. The SMILES string of the molecule is CCC1CCC(NCCC(C)c2ccccc2)C1C. The fourth-order valence-electron chi connectivity index (χ4n) is 3.55. The van der Waals surface area contributed by atoms with Crippen LogP contribution in [0.3, 0.4) is 0 Å². The third-order valence-corrected chi connectivity index (χ3v) is 5.10. The smallest absolute Gasteiger partial charge is 0.00954 e. The van der Waals surface area contributed by atoms with E-state index >= 15 is 0 Å². The van der Waals surface area contributed by atoms with Gasteiger partial charge < -0.3 is 5.32 Å². The van der Waals surface area contributed by atoms with Crippen LogP contribution >= 0.6 is 0 Å². The van der Waals surface area contributed by atoms with Crippen LogP contribution in [0.2, 0.25) is 0 Å². The van der Waals surface area contributed by atoms with Gasteiger partial charge in [-0.2, -0.15) is 0 Å². The number of hydrogen-bond donors (Lipinski definition) is 1. The summed E-state index contributed by atoms with van der Waals surface area (Å²) in [5.41, 5.74) is 1.47. The first-order valence-electron chi connectivity index (χ1n) is 8.00. The lowest BCUT2D eigenvalue weighted by Crippen LogP contribution is -2.33. The van der Waals surface area contributed by atoms with Crippen molar-refractivity contribution in [1.82, 2.24) is 5.32 Å². The van der Waals surface area contributed by atoms with E-state index in [-0.39, 0.29) is 0 Å². The van der Waals surface area contributed by atoms with Crippen LogP contribution in [0.1, 0.15) is 57.9 Å². The van der Waals surface area contributed by atoms with Crippen LogP contribution in [0.5, 0.6) is 0 Å². The Hall–Kier alpha value is -0.820. The molecule has 1 aliphatic carbocycles. The average molecular weight is 259 g/mol. The Labute approximate surface area is 118 Å². The topological polar surface area (TPSA) is 12.0 Å². The van der Waals surface area contributed by atoms with Crippen molar-refractivity contribution in [3.63, 3.8) is 0 Å². The summed E-state index contributed by atoms with van der Waals surface area (Å²) >= 11 is 0. The first kappa shape index (κ1) is 14.6. The third-order valence-electron chi connectivity index (χ3n) is 5.10. The van der Waals surface area contributed by atoms with Gasteiger partial charge in [-0.15, -0.1) is 0 Å². The predicted octanol–water partition coefficient (Wildman–Crippen LogP) is 4.59. The number of benzene rings is 1. The van der Waals surface area contributed by atoms with Crippen molar-refractivity contribution in [3.8, 4) is 0 Å². The number of nitrogens with one attached hydrogen (secondary N) is 1. The molecule has 1 saturated carbocycles. The highest BCUT2D eigenvalue weighted by Gasteiger charge is 2.30. The average Bonchev–Trinajstić information content (AvgIpc) is 2.80. The molecule has 1 fully saturated rings. The minimum atomic E-state index is 0.660. The molecule has 0 saturated heterocycles. The highest BCUT2D eigenvalue weighted by atomic mass is 14.9. The summed E-state index contributed by atoms with van der Waals surface area (Å²) < 4.78 is 0. The van der Waals surface area contributed by atoms with Crippen molar-refractivity contribution < 1.29 is 0 Å². The molecule has 0 amide bonds. The van der Waals surface area contributed by atoms with Gasteiger partial charge in [-0.25, -0.2) is 0 Å². The maximum atomic E-state index is 3.80. The largest absolute Gasteiger partial charge is 0.314 e. The fraction of sp³-hybridized carbons (Fsp3) is 0.667. The Morgan fingerprint density at radius 3 is 2.58 bits per heavy atom. The first-order valence-corrected chi connectivity index (χ1v) is 8.00. The predicted molar refractivity (Wildman–Crippen MR) is 83.4 cm³/mol. The molecule has 0 aromatic heterocycles. The summed E-state index contributed by atoms with van der Waals surface area (Å²) in [5.74, 6) is 2.47. The van der Waals surface area contributed by atoms with Crippen LogP contribution in [0.25, 0.3) is 0 Å². The Balaban J connectivity index is 1.72. The highest BCUT2D eigenvalue weighted by molar-refractivity contribution is 5.18. The van der Waals surface area contributed by atoms with Crippen LogP contribution in [-0.2, 0) is 0 Å². The van der Waals surface area contributed by atoms with Gasteiger partial charge in [0.05, 0.1) is 0 Å². The van der Waals surface area contributed by atoms with E-state index in [1.807, 2.05) is 0 Å². The van der Waals surface area contributed by atoms with E-state index in [9.17, 15) is 0 Å². The quantitative estimate of drug-likeness (QED) is 0.787. The molecule has 0 heterocycles. The van der Waals surface area contributed by atoms with Crippen LogP contribution in [0.15, 0.2) is 30.3 Å². The Bertz CT molecular complexity index is 359. The zero-order valence-electron chi connectivity index (χ0n) is 12.7.